The fourth-order valence-electron chi connectivity index (χ4n) is 5.96. The van der Waals surface area contributed by atoms with Crippen molar-refractivity contribution in [1.29, 1.82) is 0 Å². The van der Waals surface area contributed by atoms with Crippen LogP contribution in [0.2, 0.25) is 0 Å². The number of H-pyrrole nitrogens is 1. The number of nitrogens with two attached hydrogens (primary N) is 3. The lowest BCUT2D eigenvalue weighted by molar-refractivity contribution is -0.138. The number of aliphatic carboxylic acids is 1. The van der Waals surface area contributed by atoms with Crippen LogP contribution >= 0.6 is 0 Å². The van der Waals surface area contributed by atoms with Crippen LogP contribution in [0.4, 0.5) is 0 Å². The van der Waals surface area contributed by atoms with Crippen LogP contribution in [-0.4, -0.2) is 101 Å². The summed E-state index contributed by atoms with van der Waals surface area (Å²) in [6.45, 7) is 7.58. The minimum Gasteiger partial charge on any atom is -0.481 e. The zero-order valence-corrected chi connectivity index (χ0v) is 32.6. The van der Waals surface area contributed by atoms with Crippen molar-refractivity contribution in [3.05, 3.63) is 36.0 Å². The molecule has 1 aromatic heterocycles. The van der Waals surface area contributed by atoms with Crippen molar-refractivity contribution in [2.45, 2.75) is 122 Å². The molecule has 7 atom stereocenters. The number of aromatic nitrogens is 1. The number of carboxylic acids is 1. The lowest BCUT2D eigenvalue weighted by Crippen LogP contribution is -2.60. The molecule has 13 N–H and O–H groups in total. The number of hydrogen-bond acceptors (Lipinski definition) is 10. The molecule has 2 rings (SSSR count). The van der Waals surface area contributed by atoms with Crippen LogP contribution in [0.15, 0.2) is 30.5 Å². The molecule has 0 saturated heterocycles. The van der Waals surface area contributed by atoms with Gasteiger partial charge in [0.15, 0.2) is 0 Å². The molecule has 0 bridgehead atoms. The summed E-state index contributed by atoms with van der Waals surface area (Å²) in [6, 6.07) is 0.0203. The lowest BCUT2D eigenvalue weighted by atomic mass is 9.98. The van der Waals surface area contributed by atoms with Crippen LogP contribution in [-0.2, 0) is 44.8 Å². The number of primary amides is 1. The van der Waals surface area contributed by atoms with E-state index in [-0.39, 0.29) is 37.5 Å². The second-order valence-electron chi connectivity index (χ2n) is 14.5. The van der Waals surface area contributed by atoms with Gasteiger partial charge in [-0.25, -0.2) is 0 Å². The van der Waals surface area contributed by atoms with Crippen molar-refractivity contribution in [3.63, 3.8) is 0 Å². The van der Waals surface area contributed by atoms with E-state index < -0.39 is 90.5 Å². The van der Waals surface area contributed by atoms with Gasteiger partial charge >= 0.3 is 5.97 Å². The monoisotopic (exact) mass is 785 g/mol. The zero-order valence-electron chi connectivity index (χ0n) is 32.6. The molecule has 0 saturated carbocycles. The quantitative estimate of drug-likeness (QED) is 0.0433. The number of carbonyl (C=O) groups is 8. The molecule has 0 radical (unpaired) electrons. The number of nitrogens with one attached hydrogen (secondary N) is 6. The molecule has 2 aromatic rings. The summed E-state index contributed by atoms with van der Waals surface area (Å²) in [7, 11) is 0. The van der Waals surface area contributed by atoms with E-state index in [1.165, 1.54) is 0 Å². The number of benzene rings is 1. The van der Waals surface area contributed by atoms with Crippen LogP contribution in [0.25, 0.3) is 10.9 Å². The molecule has 18 heteroatoms. The summed E-state index contributed by atoms with van der Waals surface area (Å²) in [5, 5.41) is 23.2. The Kier molecular flexibility index (Phi) is 19.7. The van der Waals surface area contributed by atoms with E-state index >= 15 is 0 Å². The highest BCUT2D eigenvalue weighted by molar-refractivity contribution is 5.97. The third-order valence-electron chi connectivity index (χ3n) is 9.40. The lowest BCUT2D eigenvalue weighted by Gasteiger charge is -2.28. The third-order valence-corrected chi connectivity index (χ3v) is 9.40. The van der Waals surface area contributed by atoms with Crippen LogP contribution < -0.4 is 43.8 Å². The van der Waals surface area contributed by atoms with Gasteiger partial charge in [-0.05, 0) is 62.1 Å². The number of carbonyl (C=O) groups excluding carboxylic acids is 7. The van der Waals surface area contributed by atoms with Gasteiger partial charge in [0.25, 0.3) is 0 Å². The van der Waals surface area contributed by atoms with Crippen molar-refractivity contribution in [2.24, 2.45) is 29.0 Å². The Morgan fingerprint density at radius 3 is 1.98 bits per heavy atom. The van der Waals surface area contributed by atoms with E-state index in [1.807, 2.05) is 39.0 Å². The number of aldehydes is 1. The Bertz CT molecular complexity index is 1660. The van der Waals surface area contributed by atoms with E-state index in [0.29, 0.717) is 37.7 Å². The van der Waals surface area contributed by atoms with Crippen molar-refractivity contribution >= 4 is 58.6 Å². The number of aromatic amines is 1. The number of rotatable bonds is 26. The first kappa shape index (κ1) is 46.8. The van der Waals surface area contributed by atoms with E-state index in [1.54, 1.807) is 19.2 Å². The van der Waals surface area contributed by atoms with Gasteiger partial charge in [0.05, 0.1) is 18.5 Å². The molecule has 0 unspecified atom stereocenters. The first-order valence-electron chi connectivity index (χ1n) is 19.0. The topological polar surface area (TPSA) is 311 Å². The maximum absolute atomic E-state index is 14.2. The molecule has 56 heavy (non-hydrogen) atoms. The molecule has 0 fully saturated rings. The Hall–Kier alpha value is -5.36. The standard InChI is InChI=1S/C38H59N9O9/c1-5-22(4)33(41)38(56)45-28(13-14-32(50)51)35(53)47-30(17-23-19-42-26-11-7-6-10-25(23)26)37(55)46-29(16-21(2)3)36(54)44-27(12-8-9-15-39)34(52)43-24(20-48)18-31(40)49/h6-7,10-11,19-22,24,27-30,33,42H,5,8-9,12-18,39,41H2,1-4H3,(H2,40,49)(H,43,52)(H,44,54)(H,45,56)(H,46,55)(H,47,53)(H,50,51)/t22-,24-,27-,28-,29-,30-,33-/m0/s1. The van der Waals surface area contributed by atoms with Gasteiger partial charge in [0.1, 0.15) is 30.5 Å². The van der Waals surface area contributed by atoms with E-state index in [2.05, 4.69) is 31.6 Å². The number of para-hydroxylation sites is 1. The molecule has 1 heterocycles. The summed E-state index contributed by atoms with van der Waals surface area (Å²) in [5.74, 6) is -6.12. The highest BCUT2D eigenvalue weighted by atomic mass is 16.4. The second kappa shape index (κ2) is 23.5. The number of fused-ring (bicyclic) bond motifs is 1. The van der Waals surface area contributed by atoms with Gasteiger partial charge < -0.3 is 58.7 Å². The average Bonchev–Trinajstić information content (AvgIpc) is 3.56. The number of amides is 6. The summed E-state index contributed by atoms with van der Waals surface area (Å²) in [6.07, 6.45) is 2.54. The highest BCUT2D eigenvalue weighted by Gasteiger charge is 2.34. The zero-order chi connectivity index (χ0) is 41.9. The van der Waals surface area contributed by atoms with E-state index in [4.69, 9.17) is 17.2 Å². The smallest absolute Gasteiger partial charge is 0.303 e. The Morgan fingerprint density at radius 2 is 1.38 bits per heavy atom. The Labute approximate surface area is 326 Å². The van der Waals surface area contributed by atoms with Crippen LogP contribution in [0.3, 0.4) is 0 Å². The first-order valence-corrected chi connectivity index (χ1v) is 19.0. The van der Waals surface area contributed by atoms with Crippen LogP contribution in [0, 0.1) is 11.8 Å². The second-order valence-corrected chi connectivity index (χ2v) is 14.5. The Balaban J connectivity index is 2.46. The fourth-order valence-corrected chi connectivity index (χ4v) is 5.96. The maximum Gasteiger partial charge on any atom is 0.303 e. The van der Waals surface area contributed by atoms with Crippen LogP contribution in [0.5, 0.6) is 0 Å². The first-order chi connectivity index (χ1) is 26.5. The largest absolute Gasteiger partial charge is 0.481 e. The minimum atomic E-state index is -1.36. The normalized spacial score (nSPS) is 15.0. The average molecular weight is 786 g/mol. The molecule has 0 aliphatic carbocycles. The molecule has 1 aromatic carbocycles. The van der Waals surface area contributed by atoms with Gasteiger partial charge in [-0.1, -0.05) is 52.3 Å². The van der Waals surface area contributed by atoms with Crippen LogP contribution in [0.1, 0.15) is 84.6 Å². The highest BCUT2D eigenvalue weighted by Crippen LogP contribution is 2.20. The molecule has 0 aliphatic rings. The molecular weight excluding hydrogens is 726 g/mol. The van der Waals surface area contributed by atoms with Gasteiger partial charge in [-0.2, -0.15) is 0 Å². The molecular formula is C38H59N9O9. The van der Waals surface area contributed by atoms with Gasteiger partial charge in [0, 0.05) is 29.9 Å². The molecule has 0 aliphatic heterocycles. The third kappa shape index (κ3) is 15.4. The molecule has 18 nitrogen and oxygen atoms in total. The summed E-state index contributed by atoms with van der Waals surface area (Å²) >= 11 is 0. The predicted octanol–water partition coefficient (Wildman–Crippen LogP) is -0.378. The summed E-state index contributed by atoms with van der Waals surface area (Å²) < 4.78 is 0. The summed E-state index contributed by atoms with van der Waals surface area (Å²) in [4.78, 5) is 106. The maximum atomic E-state index is 14.2. The van der Waals surface area contributed by atoms with Crippen molar-refractivity contribution in [1.82, 2.24) is 31.6 Å². The SMILES string of the molecule is CC[C@H](C)[C@H](N)C(=O)N[C@@H](CCC(=O)O)C(=O)N[C@@H](Cc1c[nH]c2ccccc12)C(=O)N[C@@H](CC(C)C)C(=O)N[C@@H](CCCCN)C(=O)N[C@H](C=O)CC(N)=O. The molecule has 310 valence electrons. The van der Waals surface area contributed by atoms with Crippen molar-refractivity contribution in [2.75, 3.05) is 6.54 Å². The summed E-state index contributed by atoms with van der Waals surface area (Å²) in [5.41, 5.74) is 18.3. The van der Waals surface area contributed by atoms with Gasteiger partial charge in [-0.15, -0.1) is 0 Å². The van der Waals surface area contributed by atoms with Crippen molar-refractivity contribution in [3.8, 4) is 0 Å². The minimum absolute atomic E-state index is 0.0688. The van der Waals surface area contributed by atoms with Gasteiger partial charge in [-0.3, -0.25) is 33.6 Å². The van der Waals surface area contributed by atoms with Gasteiger partial charge in [0.2, 0.25) is 35.4 Å². The van der Waals surface area contributed by atoms with E-state index in [0.717, 1.165) is 10.9 Å². The predicted molar refractivity (Wildman–Crippen MR) is 208 cm³/mol. The molecule has 0 spiro atoms. The van der Waals surface area contributed by atoms with E-state index in [9.17, 15) is 43.5 Å². The molecule has 6 amide bonds. The Morgan fingerprint density at radius 1 is 0.804 bits per heavy atom. The number of carboxylic acid groups (broad SMARTS) is 1. The fraction of sp³-hybridized carbons (Fsp3) is 0.579. The number of unbranched alkanes of at least 4 members (excludes halogenated alkanes) is 1. The van der Waals surface area contributed by atoms with Crippen molar-refractivity contribution < 1.29 is 43.5 Å². The number of hydrogen-bond donors (Lipinski definition) is 10.